The molecule has 0 saturated heterocycles. The number of hydrogen-bond acceptors (Lipinski definition) is 3. The predicted molar refractivity (Wildman–Crippen MR) is 86.8 cm³/mol. The molecule has 3 unspecified atom stereocenters. The van der Waals surface area contributed by atoms with Crippen LogP contribution >= 0.6 is 11.3 Å². The fourth-order valence-electron chi connectivity index (χ4n) is 3.26. The molecule has 1 heterocycles. The van der Waals surface area contributed by atoms with Crippen molar-refractivity contribution in [3.63, 3.8) is 0 Å². The van der Waals surface area contributed by atoms with E-state index < -0.39 is 5.97 Å². The number of nitrogens with zero attached hydrogens (tertiary/aromatic N) is 1. The molecule has 3 nitrogen and oxygen atoms in total. The van der Waals surface area contributed by atoms with Gasteiger partial charge in [-0.25, -0.2) is 4.98 Å². The zero-order chi connectivity index (χ0) is 15.6. The molecule has 0 amide bonds. The van der Waals surface area contributed by atoms with Crippen molar-refractivity contribution in [1.82, 2.24) is 4.98 Å². The first-order valence-electron chi connectivity index (χ1n) is 7.99. The molecule has 1 aromatic heterocycles. The number of rotatable bonds is 4. The topological polar surface area (TPSA) is 50.2 Å². The molecular formula is C17H27NO2S. The van der Waals surface area contributed by atoms with Gasteiger partial charge >= 0.3 is 5.97 Å². The average molecular weight is 309 g/mol. The first kappa shape index (κ1) is 16.5. The molecule has 3 atom stereocenters. The lowest BCUT2D eigenvalue weighted by Gasteiger charge is -2.33. The number of hydrogen-bond donors (Lipinski definition) is 1. The molecule has 0 aromatic carbocycles. The maximum absolute atomic E-state index is 11.5. The molecule has 1 aliphatic carbocycles. The molecule has 1 fully saturated rings. The Morgan fingerprint density at radius 2 is 2.14 bits per heavy atom. The number of aromatic nitrogens is 1. The molecule has 0 spiro atoms. The SMILES string of the molecule is CCC1CCC(C(=O)O)C(Cc2nc(C(C)(C)C)cs2)C1. The summed E-state index contributed by atoms with van der Waals surface area (Å²) in [4.78, 5) is 16.2. The van der Waals surface area contributed by atoms with Crippen molar-refractivity contribution in [2.45, 2.75) is 65.2 Å². The number of aliphatic carboxylic acids is 1. The predicted octanol–water partition coefficient (Wildman–Crippen LogP) is 4.51. The second kappa shape index (κ2) is 6.47. The fraction of sp³-hybridized carbons (Fsp3) is 0.765. The van der Waals surface area contributed by atoms with E-state index in [2.05, 4.69) is 33.1 Å². The van der Waals surface area contributed by atoms with Gasteiger partial charge in [0.15, 0.2) is 0 Å². The average Bonchev–Trinajstić information content (AvgIpc) is 2.86. The Labute approximate surface area is 131 Å². The lowest BCUT2D eigenvalue weighted by Crippen LogP contribution is -2.32. The van der Waals surface area contributed by atoms with Gasteiger partial charge in [0.05, 0.1) is 16.6 Å². The summed E-state index contributed by atoms with van der Waals surface area (Å²) in [7, 11) is 0. The first-order chi connectivity index (χ1) is 9.81. The standard InChI is InChI=1S/C17H27NO2S/c1-5-11-6-7-13(16(19)20)12(8-11)9-15-18-14(10-21-15)17(2,3)4/h10-13H,5-9H2,1-4H3,(H,19,20). The molecule has 1 N–H and O–H groups in total. The number of thiazole rings is 1. The van der Waals surface area contributed by atoms with Gasteiger partial charge in [-0.05, 0) is 31.1 Å². The van der Waals surface area contributed by atoms with Gasteiger partial charge in [-0.15, -0.1) is 11.3 Å². The van der Waals surface area contributed by atoms with Gasteiger partial charge in [-0.3, -0.25) is 4.79 Å². The minimum absolute atomic E-state index is 0.0689. The van der Waals surface area contributed by atoms with Crippen molar-refractivity contribution < 1.29 is 9.90 Å². The largest absolute Gasteiger partial charge is 0.481 e. The van der Waals surface area contributed by atoms with Gasteiger partial charge in [0.1, 0.15) is 0 Å². The van der Waals surface area contributed by atoms with E-state index in [4.69, 9.17) is 4.98 Å². The maximum Gasteiger partial charge on any atom is 0.306 e. The third-order valence-corrected chi connectivity index (χ3v) is 5.61. The molecule has 1 aliphatic rings. The Bertz CT molecular complexity index is 489. The highest BCUT2D eigenvalue weighted by molar-refractivity contribution is 7.09. The second-order valence-corrected chi connectivity index (χ2v) is 8.32. The summed E-state index contributed by atoms with van der Waals surface area (Å²) < 4.78 is 0. The normalized spacial score (nSPS) is 26.8. The molecule has 0 radical (unpaired) electrons. The van der Waals surface area contributed by atoms with Crippen LogP contribution in [0, 0.1) is 17.8 Å². The zero-order valence-corrected chi connectivity index (χ0v) is 14.4. The molecule has 1 aromatic rings. The summed E-state index contributed by atoms with van der Waals surface area (Å²) in [6.07, 6.45) is 4.92. The van der Waals surface area contributed by atoms with Crippen LogP contribution in [0.5, 0.6) is 0 Å². The van der Waals surface area contributed by atoms with Crippen LogP contribution in [0.15, 0.2) is 5.38 Å². The van der Waals surface area contributed by atoms with E-state index in [-0.39, 0.29) is 17.3 Å². The van der Waals surface area contributed by atoms with Gasteiger partial charge in [0.25, 0.3) is 0 Å². The lowest BCUT2D eigenvalue weighted by molar-refractivity contribution is -0.145. The van der Waals surface area contributed by atoms with Crippen molar-refractivity contribution in [1.29, 1.82) is 0 Å². The third-order valence-electron chi connectivity index (χ3n) is 4.74. The second-order valence-electron chi connectivity index (χ2n) is 7.37. The highest BCUT2D eigenvalue weighted by Crippen LogP contribution is 2.38. The van der Waals surface area contributed by atoms with Gasteiger partial charge in [-0.1, -0.05) is 34.1 Å². The van der Waals surface area contributed by atoms with E-state index in [0.717, 1.165) is 42.8 Å². The van der Waals surface area contributed by atoms with E-state index in [0.29, 0.717) is 5.92 Å². The van der Waals surface area contributed by atoms with Crippen molar-refractivity contribution >= 4 is 17.3 Å². The fourth-order valence-corrected chi connectivity index (χ4v) is 4.37. The van der Waals surface area contributed by atoms with Gasteiger partial charge < -0.3 is 5.11 Å². The monoisotopic (exact) mass is 309 g/mol. The maximum atomic E-state index is 11.5. The molecule has 0 aliphatic heterocycles. The van der Waals surface area contributed by atoms with Gasteiger partial charge in [0.2, 0.25) is 0 Å². The summed E-state index contributed by atoms with van der Waals surface area (Å²) in [6, 6.07) is 0. The van der Waals surface area contributed by atoms with Crippen LogP contribution in [0.25, 0.3) is 0 Å². The van der Waals surface area contributed by atoms with E-state index in [1.54, 1.807) is 11.3 Å². The smallest absolute Gasteiger partial charge is 0.306 e. The zero-order valence-electron chi connectivity index (χ0n) is 13.6. The Morgan fingerprint density at radius 1 is 1.43 bits per heavy atom. The van der Waals surface area contributed by atoms with Crippen LogP contribution in [0.3, 0.4) is 0 Å². The molecular weight excluding hydrogens is 282 g/mol. The van der Waals surface area contributed by atoms with E-state index in [1.807, 2.05) is 0 Å². The molecule has 0 bridgehead atoms. The summed E-state index contributed by atoms with van der Waals surface area (Å²) in [6.45, 7) is 8.71. The third kappa shape index (κ3) is 4.06. The Kier molecular flexibility index (Phi) is 5.07. The number of carbonyl (C=O) groups is 1. The van der Waals surface area contributed by atoms with Crippen LogP contribution in [0.2, 0.25) is 0 Å². The van der Waals surface area contributed by atoms with Gasteiger partial charge in [0, 0.05) is 17.2 Å². The van der Waals surface area contributed by atoms with Crippen LogP contribution in [-0.4, -0.2) is 16.1 Å². The van der Waals surface area contributed by atoms with Gasteiger partial charge in [-0.2, -0.15) is 0 Å². The van der Waals surface area contributed by atoms with Crippen molar-refractivity contribution in [2.75, 3.05) is 0 Å². The van der Waals surface area contributed by atoms with Crippen LogP contribution in [-0.2, 0) is 16.6 Å². The lowest BCUT2D eigenvalue weighted by atomic mass is 9.72. The van der Waals surface area contributed by atoms with Crippen LogP contribution < -0.4 is 0 Å². The van der Waals surface area contributed by atoms with Crippen molar-refractivity contribution in [3.8, 4) is 0 Å². The highest BCUT2D eigenvalue weighted by Gasteiger charge is 2.35. The minimum atomic E-state index is -0.623. The van der Waals surface area contributed by atoms with Crippen molar-refractivity contribution in [2.24, 2.45) is 17.8 Å². The highest BCUT2D eigenvalue weighted by atomic mass is 32.1. The molecule has 2 rings (SSSR count). The molecule has 4 heteroatoms. The van der Waals surface area contributed by atoms with E-state index in [1.165, 1.54) is 0 Å². The number of carboxylic acids is 1. The Hall–Kier alpha value is -0.900. The molecule has 1 saturated carbocycles. The summed E-state index contributed by atoms with van der Waals surface area (Å²) in [5.41, 5.74) is 1.19. The molecule has 118 valence electrons. The first-order valence-corrected chi connectivity index (χ1v) is 8.87. The summed E-state index contributed by atoms with van der Waals surface area (Å²) in [5, 5.41) is 12.7. The summed E-state index contributed by atoms with van der Waals surface area (Å²) >= 11 is 1.69. The van der Waals surface area contributed by atoms with Crippen LogP contribution in [0.4, 0.5) is 0 Å². The van der Waals surface area contributed by atoms with Crippen molar-refractivity contribution in [3.05, 3.63) is 16.1 Å². The number of carboxylic acid groups (broad SMARTS) is 1. The van der Waals surface area contributed by atoms with E-state index in [9.17, 15) is 9.90 Å². The van der Waals surface area contributed by atoms with Crippen LogP contribution in [0.1, 0.15) is 64.1 Å². The van der Waals surface area contributed by atoms with E-state index >= 15 is 0 Å². The molecule has 21 heavy (non-hydrogen) atoms. The Balaban J connectivity index is 2.10. The minimum Gasteiger partial charge on any atom is -0.481 e. The Morgan fingerprint density at radius 3 is 2.67 bits per heavy atom. The quantitative estimate of drug-likeness (QED) is 0.890. The summed E-state index contributed by atoms with van der Waals surface area (Å²) in [5.74, 6) is 0.129.